The fourth-order valence-electron chi connectivity index (χ4n) is 1.31. The highest BCUT2D eigenvalue weighted by Crippen LogP contribution is 2.34. The van der Waals surface area contributed by atoms with Crippen molar-refractivity contribution in [1.29, 1.82) is 0 Å². The standard InChI is InChI=1S/C11H14BrNO4/c1-13(17-4)11(14)8-5-7(15-2)6-9(12)10(8)16-3/h5-6H,1-4H3. The van der Waals surface area contributed by atoms with Crippen molar-refractivity contribution in [2.75, 3.05) is 28.4 Å². The summed E-state index contributed by atoms with van der Waals surface area (Å²) in [5.74, 6) is 0.689. The summed E-state index contributed by atoms with van der Waals surface area (Å²) < 4.78 is 10.9. The molecule has 0 aliphatic rings. The van der Waals surface area contributed by atoms with Crippen LogP contribution in [0.1, 0.15) is 10.4 Å². The summed E-state index contributed by atoms with van der Waals surface area (Å²) in [5.41, 5.74) is 0.364. The third-order valence-corrected chi connectivity index (χ3v) is 2.84. The Kier molecular flexibility index (Phi) is 4.77. The molecular weight excluding hydrogens is 290 g/mol. The van der Waals surface area contributed by atoms with Crippen molar-refractivity contribution in [1.82, 2.24) is 5.06 Å². The monoisotopic (exact) mass is 303 g/mol. The summed E-state index contributed by atoms with van der Waals surface area (Å²) >= 11 is 3.32. The summed E-state index contributed by atoms with van der Waals surface area (Å²) in [6.45, 7) is 0. The van der Waals surface area contributed by atoms with Crippen LogP contribution < -0.4 is 9.47 Å². The van der Waals surface area contributed by atoms with Gasteiger partial charge < -0.3 is 9.47 Å². The van der Waals surface area contributed by atoms with E-state index < -0.39 is 0 Å². The number of methoxy groups -OCH3 is 2. The number of amides is 1. The quantitative estimate of drug-likeness (QED) is 0.799. The van der Waals surface area contributed by atoms with Crippen molar-refractivity contribution < 1.29 is 19.1 Å². The molecule has 1 amide bonds. The van der Waals surface area contributed by atoms with Crippen LogP contribution in [0.5, 0.6) is 11.5 Å². The van der Waals surface area contributed by atoms with Gasteiger partial charge in [0.25, 0.3) is 5.91 Å². The second-order valence-electron chi connectivity index (χ2n) is 3.18. The van der Waals surface area contributed by atoms with E-state index in [9.17, 15) is 4.79 Å². The number of hydrogen-bond acceptors (Lipinski definition) is 4. The van der Waals surface area contributed by atoms with Crippen molar-refractivity contribution in [3.63, 3.8) is 0 Å². The van der Waals surface area contributed by atoms with Crippen LogP contribution in [-0.4, -0.2) is 39.3 Å². The van der Waals surface area contributed by atoms with Gasteiger partial charge in [-0.1, -0.05) is 0 Å². The minimum Gasteiger partial charge on any atom is -0.497 e. The van der Waals surface area contributed by atoms with Crippen molar-refractivity contribution in [2.45, 2.75) is 0 Å². The van der Waals surface area contributed by atoms with Gasteiger partial charge in [0.15, 0.2) is 0 Å². The highest BCUT2D eigenvalue weighted by atomic mass is 79.9. The predicted molar refractivity (Wildman–Crippen MR) is 66.3 cm³/mol. The van der Waals surface area contributed by atoms with Crippen LogP contribution in [0, 0.1) is 0 Å². The number of carbonyl (C=O) groups is 1. The molecule has 5 nitrogen and oxygen atoms in total. The van der Waals surface area contributed by atoms with E-state index in [1.807, 2.05) is 0 Å². The molecule has 1 aromatic carbocycles. The van der Waals surface area contributed by atoms with Crippen molar-refractivity contribution in [3.8, 4) is 11.5 Å². The Morgan fingerprint density at radius 2 is 1.88 bits per heavy atom. The zero-order chi connectivity index (χ0) is 13.0. The number of hydroxylamine groups is 2. The molecule has 0 atom stereocenters. The van der Waals surface area contributed by atoms with E-state index in [-0.39, 0.29) is 5.91 Å². The first-order chi connectivity index (χ1) is 8.04. The largest absolute Gasteiger partial charge is 0.497 e. The second-order valence-corrected chi connectivity index (χ2v) is 4.03. The molecule has 0 spiro atoms. The van der Waals surface area contributed by atoms with Gasteiger partial charge in [-0.15, -0.1) is 0 Å². The van der Waals surface area contributed by atoms with Crippen LogP contribution in [0.25, 0.3) is 0 Å². The van der Waals surface area contributed by atoms with Gasteiger partial charge in [-0.3, -0.25) is 9.63 Å². The summed E-state index contributed by atoms with van der Waals surface area (Å²) in [7, 11) is 5.97. The molecule has 0 aliphatic carbocycles. The Labute approximate surface area is 108 Å². The average molecular weight is 304 g/mol. The molecule has 0 heterocycles. The van der Waals surface area contributed by atoms with Crippen molar-refractivity contribution >= 4 is 21.8 Å². The van der Waals surface area contributed by atoms with E-state index in [1.165, 1.54) is 28.4 Å². The lowest BCUT2D eigenvalue weighted by Crippen LogP contribution is -2.26. The molecule has 94 valence electrons. The van der Waals surface area contributed by atoms with Crippen LogP contribution in [-0.2, 0) is 4.84 Å². The van der Waals surface area contributed by atoms with Crippen molar-refractivity contribution in [3.05, 3.63) is 22.2 Å². The molecule has 0 bridgehead atoms. The first-order valence-corrected chi connectivity index (χ1v) is 5.58. The van der Waals surface area contributed by atoms with Crippen LogP contribution in [0.3, 0.4) is 0 Å². The van der Waals surface area contributed by atoms with Gasteiger partial charge in [-0.05, 0) is 28.1 Å². The summed E-state index contributed by atoms with van der Waals surface area (Å²) in [5, 5.41) is 1.11. The predicted octanol–water partition coefficient (Wildman–Crippen LogP) is 2.10. The van der Waals surface area contributed by atoms with Gasteiger partial charge in [-0.25, -0.2) is 5.06 Å². The number of rotatable bonds is 4. The van der Waals surface area contributed by atoms with E-state index in [2.05, 4.69) is 15.9 Å². The Bertz CT molecular complexity index is 422. The maximum absolute atomic E-state index is 12.0. The Balaban J connectivity index is 3.29. The van der Waals surface area contributed by atoms with Crippen LogP contribution >= 0.6 is 15.9 Å². The Morgan fingerprint density at radius 3 is 2.35 bits per heavy atom. The Morgan fingerprint density at radius 1 is 1.24 bits per heavy atom. The molecule has 0 saturated carbocycles. The number of hydrogen-bond donors (Lipinski definition) is 0. The number of carbonyl (C=O) groups excluding carboxylic acids is 1. The highest BCUT2D eigenvalue weighted by Gasteiger charge is 2.20. The van der Waals surface area contributed by atoms with Gasteiger partial charge in [-0.2, -0.15) is 0 Å². The first-order valence-electron chi connectivity index (χ1n) is 4.78. The van der Waals surface area contributed by atoms with E-state index in [4.69, 9.17) is 14.3 Å². The molecule has 0 N–H and O–H groups in total. The van der Waals surface area contributed by atoms with E-state index in [0.29, 0.717) is 21.5 Å². The topological polar surface area (TPSA) is 48.0 Å². The van der Waals surface area contributed by atoms with E-state index >= 15 is 0 Å². The van der Waals surface area contributed by atoms with E-state index in [0.717, 1.165) is 5.06 Å². The molecule has 0 radical (unpaired) electrons. The molecule has 6 heteroatoms. The molecule has 0 unspecified atom stereocenters. The van der Waals surface area contributed by atoms with Gasteiger partial charge >= 0.3 is 0 Å². The minimum absolute atomic E-state index is 0.316. The average Bonchev–Trinajstić information content (AvgIpc) is 2.35. The third kappa shape index (κ3) is 2.89. The molecule has 0 aromatic heterocycles. The van der Waals surface area contributed by atoms with Gasteiger partial charge in [0, 0.05) is 7.05 Å². The summed E-state index contributed by atoms with van der Waals surface area (Å²) in [6, 6.07) is 3.32. The third-order valence-electron chi connectivity index (χ3n) is 2.25. The summed E-state index contributed by atoms with van der Waals surface area (Å²) in [6.07, 6.45) is 0. The maximum Gasteiger partial charge on any atom is 0.281 e. The Hall–Kier alpha value is -1.27. The SMILES string of the molecule is COc1cc(Br)c(OC)c(C(=O)N(C)OC)c1. The number of ether oxygens (including phenoxy) is 2. The first kappa shape index (κ1) is 13.8. The fraction of sp³-hybridized carbons (Fsp3) is 0.364. The lowest BCUT2D eigenvalue weighted by molar-refractivity contribution is -0.0758. The molecule has 1 rings (SSSR count). The zero-order valence-corrected chi connectivity index (χ0v) is 11.7. The molecule has 0 saturated heterocycles. The van der Waals surface area contributed by atoms with Gasteiger partial charge in [0.2, 0.25) is 0 Å². The molecule has 17 heavy (non-hydrogen) atoms. The summed E-state index contributed by atoms with van der Waals surface area (Å²) in [4.78, 5) is 16.9. The molecule has 1 aromatic rings. The number of benzene rings is 1. The smallest absolute Gasteiger partial charge is 0.281 e. The molecule has 0 fully saturated rings. The van der Waals surface area contributed by atoms with Crippen molar-refractivity contribution in [2.24, 2.45) is 0 Å². The lowest BCUT2D eigenvalue weighted by Gasteiger charge is -2.17. The molecular formula is C11H14BrNO4. The van der Waals surface area contributed by atoms with Crippen LogP contribution in [0.15, 0.2) is 16.6 Å². The van der Waals surface area contributed by atoms with Gasteiger partial charge in [0.1, 0.15) is 11.5 Å². The normalized spacial score (nSPS) is 9.94. The van der Waals surface area contributed by atoms with Crippen LogP contribution in [0.4, 0.5) is 0 Å². The fourth-order valence-corrected chi connectivity index (χ4v) is 1.91. The minimum atomic E-state index is -0.316. The zero-order valence-electron chi connectivity index (χ0n) is 10.1. The number of nitrogens with zero attached hydrogens (tertiary/aromatic N) is 1. The molecule has 0 aliphatic heterocycles. The highest BCUT2D eigenvalue weighted by molar-refractivity contribution is 9.10. The number of halogens is 1. The van der Waals surface area contributed by atoms with Gasteiger partial charge in [0.05, 0.1) is 31.4 Å². The van der Waals surface area contributed by atoms with Crippen LogP contribution in [0.2, 0.25) is 0 Å². The second kappa shape index (κ2) is 5.88. The maximum atomic E-state index is 12.0. The van der Waals surface area contributed by atoms with E-state index in [1.54, 1.807) is 12.1 Å². The lowest BCUT2D eigenvalue weighted by atomic mass is 10.1.